The summed E-state index contributed by atoms with van der Waals surface area (Å²) in [5.74, 6) is -1.71. The highest BCUT2D eigenvalue weighted by molar-refractivity contribution is 7.84. The Balaban J connectivity index is 2.26. The van der Waals surface area contributed by atoms with Gasteiger partial charge in [0.25, 0.3) is 0 Å². The van der Waals surface area contributed by atoms with Crippen LogP contribution in [0.3, 0.4) is 0 Å². The summed E-state index contributed by atoms with van der Waals surface area (Å²) in [6, 6.07) is 8.64. The van der Waals surface area contributed by atoms with Gasteiger partial charge in [0.05, 0.1) is 16.6 Å². The van der Waals surface area contributed by atoms with E-state index < -0.39 is 22.4 Å². The zero-order valence-electron chi connectivity index (χ0n) is 10.3. The number of hydrogen-bond donors (Lipinski definition) is 1. The minimum Gasteiger partial charge on any atom is -0.399 e. The van der Waals surface area contributed by atoms with Crippen LogP contribution in [0.2, 0.25) is 0 Å². The maximum atomic E-state index is 13.1. The van der Waals surface area contributed by atoms with Gasteiger partial charge in [-0.3, -0.25) is 4.21 Å². The number of nitrogens with two attached hydrogens (primary N) is 1. The topological polar surface area (TPSA) is 43.1 Å². The fraction of sp³-hybridized carbons (Fsp3) is 0.143. The fourth-order valence-corrected chi connectivity index (χ4v) is 2.92. The van der Waals surface area contributed by atoms with Gasteiger partial charge in [-0.15, -0.1) is 0 Å². The number of rotatable bonds is 3. The van der Waals surface area contributed by atoms with E-state index in [1.165, 1.54) is 6.07 Å². The molecule has 0 saturated heterocycles. The molecule has 0 fully saturated rings. The van der Waals surface area contributed by atoms with Gasteiger partial charge in [0.15, 0.2) is 11.6 Å². The molecular weight excluding hydrogens is 268 g/mol. The Morgan fingerprint density at radius 1 is 1.16 bits per heavy atom. The van der Waals surface area contributed by atoms with Crippen molar-refractivity contribution in [3.05, 3.63) is 59.2 Å². The lowest BCUT2D eigenvalue weighted by atomic mass is 10.1. The van der Waals surface area contributed by atoms with Crippen molar-refractivity contribution in [2.24, 2.45) is 0 Å². The van der Waals surface area contributed by atoms with Gasteiger partial charge in [-0.25, -0.2) is 8.78 Å². The monoisotopic (exact) mass is 281 g/mol. The number of benzene rings is 2. The third-order valence-corrected chi connectivity index (χ3v) is 4.28. The first-order chi connectivity index (χ1) is 8.99. The minimum absolute atomic E-state index is 0.224. The lowest BCUT2D eigenvalue weighted by molar-refractivity contribution is 0.505. The number of nitrogen functional groups attached to an aromatic ring is 1. The summed E-state index contributed by atoms with van der Waals surface area (Å²) in [6.45, 7) is 1.84. The average Bonchev–Trinajstić information content (AvgIpc) is 2.38. The van der Waals surface area contributed by atoms with E-state index in [-0.39, 0.29) is 10.6 Å². The van der Waals surface area contributed by atoms with Crippen molar-refractivity contribution >= 4 is 16.5 Å². The number of hydrogen-bond acceptors (Lipinski definition) is 2. The molecule has 0 spiro atoms. The molecule has 0 aliphatic rings. The van der Waals surface area contributed by atoms with E-state index in [0.29, 0.717) is 5.69 Å². The van der Waals surface area contributed by atoms with E-state index >= 15 is 0 Å². The highest BCUT2D eigenvalue weighted by Gasteiger charge is 2.11. The molecule has 19 heavy (non-hydrogen) atoms. The highest BCUT2D eigenvalue weighted by Crippen LogP contribution is 2.20. The maximum absolute atomic E-state index is 13.1. The number of anilines is 1. The molecule has 0 aromatic heterocycles. The highest BCUT2D eigenvalue weighted by atomic mass is 32.2. The van der Waals surface area contributed by atoms with Crippen LogP contribution >= 0.6 is 0 Å². The summed E-state index contributed by atoms with van der Waals surface area (Å²) < 4.78 is 38.0. The van der Waals surface area contributed by atoms with Crippen LogP contribution in [-0.4, -0.2) is 4.21 Å². The van der Waals surface area contributed by atoms with Gasteiger partial charge < -0.3 is 5.73 Å². The second-order valence-corrected chi connectivity index (χ2v) is 5.65. The molecule has 0 amide bonds. The molecule has 0 bridgehead atoms. The zero-order chi connectivity index (χ0) is 14.0. The molecule has 1 unspecified atom stereocenters. The van der Waals surface area contributed by atoms with Gasteiger partial charge in [-0.2, -0.15) is 0 Å². The minimum atomic E-state index is -1.43. The third kappa shape index (κ3) is 2.98. The van der Waals surface area contributed by atoms with Crippen molar-refractivity contribution in [3.63, 3.8) is 0 Å². The molecule has 100 valence electrons. The predicted octanol–water partition coefficient (Wildman–Crippen LogP) is 3.16. The Morgan fingerprint density at radius 2 is 1.89 bits per heavy atom. The first kappa shape index (κ1) is 13.7. The van der Waals surface area contributed by atoms with Crippen LogP contribution in [-0.2, 0) is 16.6 Å². The summed E-state index contributed by atoms with van der Waals surface area (Å²) >= 11 is 0. The molecule has 0 saturated carbocycles. The molecule has 2 rings (SSSR count). The largest absolute Gasteiger partial charge is 0.399 e. The molecule has 0 aliphatic carbocycles. The molecular formula is C14H13F2NOS. The van der Waals surface area contributed by atoms with Crippen LogP contribution in [0.5, 0.6) is 0 Å². The van der Waals surface area contributed by atoms with Gasteiger partial charge in [0, 0.05) is 10.6 Å². The number of halogens is 2. The standard InChI is InChI=1S/C14H13F2NOS/c1-9-10(3-2-4-14(9)17)8-19(18)11-5-6-12(15)13(16)7-11/h2-7H,8,17H2,1H3. The molecule has 5 heteroatoms. The van der Waals surface area contributed by atoms with Gasteiger partial charge in [0.1, 0.15) is 0 Å². The predicted molar refractivity (Wildman–Crippen MR) is 72.1 cm³/mol. The van der Waals surface area contributed by atoms with Gasteiger partial charge in [-0.1, -0.05) is 12.1 Å². The van der Waals surface area contributed by atoms with Gasteiger partial charge >= 0.3 is 0 Å². The molecule has 2 aromatic rings. The normalized spacial score (nSPS) is 12.4. The molecule has 2 aromatic carbocycles. The van der Waals surface area contributed by atoms with Crippen molar-refractivity contribution in [1.29, 1.82) is 0 Å². The molecule has 0 radical (unpaired) electrons. The molecule has 2 N–H and O–H groups in total. The maximum Gasteiger partial charge on any atom is 0.160 e. The van der Waals surface area contributed by atoms with Crippen molar-refractivity contribution in [2.45, 2.75) is 17.6 Å². The smallest absolute Gasteiger partial charge is 0.160 e. The van der Waals surface area contributed by atoms with Crippen molar-refractivity contribution in [3.8, 4) is 0 Å². The summed E-state index contributed by atoms with van der Waals surface area (Å²) in [4.78, 5) is 0.265. The Hall–Kier alpha value is -1.75. The lowest BCUT2D eigenvalue weighted by Gasteiger charge is -2.08. The van der Waals surface area contributed by atoms with Crippen LogP contribution in [0.15, 0.2) is 41.3 Å². The Kier molecular flexibility index (Phi) is 3.95. The van der Waals surface area contributed by atoms with E-state index in [0.717, 1.165) is 23.3 Å². The Morgan fingerprint density at radius 3 is 2.58 bits per heavy atom. The third-order valence-electron chi connectivity index (χ3n) is 2.93. The fourth-order valence-electron chi connectivity index (χ4n) is 1.70. The lowest BCUT2D eigenvalue weighted by Crippen LogP contribution is -2.01. The van der Waals surface area contributed by atoms with Crippen molar-refractivity contribution < 1.29 is 13.0 Å². The van der Waals surface area contributed by atoms with Crippen LogP contribution < -0.4 is 5.73 Å². The summed E-state index contributed by atoms with van der Waals surface area (Å²) in [6.07, 6.45) is 0. The van der Waals surface area contributed by atoms with E-state index in [4.69, 9.17) is 5.73 Å². The van der Waals surface area contributed by atoms with Gasteiger partial charge in [-0.05, 0) is 42.3 Å². The first-order valence-corrected chi connectivity index (χ1v) is 6.98. The van der Waals surface area contributed by atoms with Crippen molar-refractivity contribution in [2.75, 3.05) is 5.73 Å². The van der Waals surface area contributed by atoms with E-state index in [9.17, 15) is 13.0 Å². The quantitative estimate of drug-likeness (QED) is 0.878. The first-order valence-electron chi connectivity index (χ1n) is 5.66. The molecule has 2 nitrogen and oxygen atoms in total. The molecule has 0 aliphatic heterocycles. The van der Waals surface area contributed by atoms with Crippen LogP contribution in [0, 0.1) is 18.6 Å². The van der Waals surface area contributed by atoms with E-state index in [1.54, 1.807) is 12.1 Å². The summed E-state index contributed by atoms with van der Waals surface area (Å²) in [7, 11) is -1.43. The van der Waals surface area contributed by atoms with Crippen LogP contribution in [0.1, 0.15) is 11.1 Å². The second kappa shape index (κ2) is 5.48. The van der Waals surface area contributed by atoms with Crippen LogP contribution in [0.25, 0.3) is 0 Å². The van der Waals surface area contributed by atoms with E-state index in [1.807, 2.05) is 13.0 Å². The Labute approximate surface area is 112 Å². The van der Waals surface area contributed by atoms with Gasteiger partial charge in [0.2, 0.25) is 0 Å². The zero-order valence-corrected chi connectivity index (χ0v) is 11.1. The summed E-state index contributed by atoms with van der Waals surface area (Å²) in [5, 5.41) is 0. The van der Waals surface area contributed by atoms with Crippen LogP contribution in [0.4, 0.5) is 14.5 Å². The summed E-state index contributed by atoms with van der Waals surface area (Å²) in [5.41, 5.74) is 8.09. The Bertz CT molecular complexity index is 643. The molecule has 1 atom stereocenters. The van der Waals surface area contributed by atoms with E-state index in [2.05, 4.69) is 0 Å². The van der Waals surface area contributed by atoms with Crippen molar-refractivity contribution in [1.82, 2.24) is 0 Å². The SMILES string of the molecule is Cc1c(N)cccc1CS(=O)c1ccc(F)c(F)c1. The molecule has 0 heterocycles. The second-order valence-electron chi connectivity index (χ2n) is 4.20. The average molecular weight is 281 g/mol.